The average Bonchev–Trinajstić information content (AvgIpc) is 2.77. The van der Waals surface area contributed by atoms with E-state index in [0.29, 0.717) is 6.54 Å². The van der Waals surface area contributed by atoms with Crippen LogP contribution in [0.4, 0.5) is 10.1 Å². The van der Waals surface area contributed by atoms with Gasteiger partial charge >= 0.3 is 0 Å². The Morgan fingerprint density at radius 3 is 2.94 bits per heavy atom. The van der Waals surface area contributed by atoms with Crippen LogP contribution in [0, 0.1) is 5.82 Å². The van der Waals surface area contributed by atoms with Gasteiger partial charge in [-0.1, -0.05) is 12.1 Å². The molecule has 0 bridgehead atoms. The number of halogens is 1. The molecule has 17 heavy (non-hydrogen) atoms. The molecule has 3 nitrogen and oxygen atoms in total. The van der Waals surface area contributed by atoms with Crippen molar-refractivity contribution in [3.63, 3.8) is 0 Å². The maximum Gasteiger partial charge on any atom is 0.146 e. The number of benzene rings is 1. The van der Waals surface area contributed by atoms with Crippen LogP contribution >= 0.6 is 11.3 Å². The lowest BCUT2D eigenvalue weighted by Crippen LogP contribution is -2.18. The molecular weight excluding hydrogens is 237 g/mol. The number of thiazole rings is 1. The first kappa shape index (κ1) is 12.0. The van der Waals surface area contributed by atoms with Crippen molar-refractivity contribution in [2.45, 2.75) is 13.1 Å². The molecule has 0 spiro atoms. The molecule has 0 radical (unpaired) electrons. The molecule has 0 fully saturated rings. The summed E-state index contributed by atoms with van der Waals surface area (Å²) in [7, 11) is 1.96. The number of hydrogen-bond acceptors (Lipinski definition) is 4. The van der Waals surface area contributed by atoms with E-state index < -0.39 is 0 Å². The lowest BCUT2D eigenvalue weighted by Gasteiger charge is -2.16. The minimum absolute atomic E-state index is 0.234. The molecule has 1 aromatic carbocycles. The smallest absolute Gasteiger partial charge is 0.146 e. The Bertz CT molecular complexity index is 485. The SMILES string of the molecule is CN(Cc1cscn1)Cc1cccc(F)c1N. The van der Waals surface area contributed by atoms with Gasteiger partial charge in [-0.3, -0.25) is 4.90 Å². The monoisotopic (exact) mass is 251 g/mol. The molecule has 0 aliphatic carbocycles. The summed E-state index contributed by atoms with van der Waals surface area (Å²) in [4.78, 5) is 6.27. The molecule has 0 unspecified atom stereocenters. The van der Waals surface area contributed by atoms with Crippen molar-refractivity contribution < 1.29 is 4.39 Å². The highest BCUT2D eigenvalue weighted by atomic mass is 32.1. The van der Waals surface area contributed by atoms with Crippen molar-refractivity contribution in [3.05, 3.63) is 46.2 Å². The highest BCUT2D eigenvalue weighted by Gasteiger charge is 2.08. The number of nitrogen functional groups attached to an aromatic ring is 1. The predicted octanol–water partition coefficient (Wildman–Crippen LogP) is 2.50. The number of rotatable bonds is 4. The van der Waals surface area contributed by atoms with Gasteiger partial charge in [0.1, 0.15) is 5.82 Å². The van der Waals surface area contributed by atoms with E-state index in [1.165, 1.54) is 6.07 Å². The molecule has 0 saturated carbocycles. The molecule has 1 heterocycles. The minimum atomic E-state index is -0.357. The summed E-state index contributed by atoms with van der Waals surface area (Å²) in [5.74, 6) is -0.357. The van der Waals surface area contributed by atoms with Gasteiger partial charge < -0.3 is 5.73 Å². The van der Waals surface area contributed by atoms with Gasteiger partial charge in [0.25, 0.3) is 0 Å². The van der Waals surface area contributed by atoms with E-state index in [1.807, 2.05) is 18.5 Å². The zero-order valence-corrected chi connectivity index (χ0v) is 10.4. The van der Waals surface area contributed by atoms with Gasteiger partial charge in [0.2, 0.25) is 0 Å². The number of aromatic nitrogens is 1. The van der Waals surface area contributed by atoms with Gasteiger partial charge in [0.05, 0.1) is 16.9 Å². The fourth-order valence-electron chi connectivity index (χ4n) is 1.66. The highest BCUT2D eigenvalue weighted by Crippen LogP contribution is 2.18. The molecule has 0 aliphatic heterocycles. The van der Waals surface area contributed by atoms with E-state index in [-0.39, 0.29) is 11.5 Å². The van der Waals surface area contributed by atoms with Gasteiger partial charge in [-0.2, -0.15) is 0 Å². The molecule has 2 rings (SSSR count). The van der Waals surface area contributed by atoms with Crippen molar-refractivity contribution in [1.82, 2.24) is 9.88 Å². The molecule has 2 N–H and O–H groups in total. The zero-order valence-electron chi connectivity index (χ0n) is 9.56. The second-order valence-electron chi connectivity index (χ2n) is 3.96. The van der Waals surface area contributed by atoms with E-state index in [1.54, 1.807) is 22.9 Å². The standard InChI is InChI=1S/C12H14FN3S/c1-16(6-10-7-17-8-15-10)5-9-3-2-4-11(13)12(9)14/h2-4,7-8H,5-6,14H2,1H3. The normalized spacial score (nSPS) is 11.0. The van der Waals surface area contributed by atoms with Crippen molar-refractivity contribution in [1.29, 1.82) is 0 Å². The maximum atomic E-state index is 13.3. The molecule has 0 atom stereocenters. The third-order valence-corrected chi connectivity index (χ3v) is 3.13. The summed E-state index contributed by atoms with van der Waals surface area (Å²) in [6.45, 7) is 1.35. The Morgan fingerprint density at radius 1 is 1.41 bits per heavy atom. The summed E-state index contributed by atoms with van der Waals surface area (Å²) in [6.07, 6.45) is 0. The zero-order chi connectivity index (χ0) is 12.3. The quantitative estimate of drug-likeness (QED) is 0.849. The molecule has 0 aliphatic rings. The second-order valence-corrected chi connectivity index (χ2v) is 4.68. The number of hydrogen-bond donors (Lipinski definition) is 1. The predicted molar refractivity (Wildman–Crippen MR) is 68.1 cm³/mol. The van der Waals surface area contributed by atoms with Crippen LogP contribution in [0.25, 0.3) is 0 Å². The second kappa shape index (κ2) is 5.25. The average molecular weight is 251 g/mol. The fourth-order valence-corrected chi connectivity index (χ4v) is 2.21. The largest absolute Gasteiger partial charge is 0.396 e. The first-order valence-electron chi connectivity index (χ1n) is 5.25. The number of nitrogens with zero attached hydrogens (tertiary/aromatic N) is 2. The number of para-hydroxylation sites is 1. The molecule has 0 amide bonds. The summed E-state index contributed by atoms with van der Waals surface area (Å²) >= 11 is 1.57. The Kier molecular flexibility index (Phi) is 3.71. The molecule has 5 heteroatoms. The van der Waals surface area contributed by atoms with Gasteiger partial charge in [-0.25, -0.2) is 9.37 Å². The van der Waals surface area contributed by atoms with E-state index >= 15 is 0 Å². The minimum Gasteiger partial charge on any atom is -0.396 e. The van der Waals surface area contributed by atoms with Crippen LogP contribution in [0.5, 0.6) is 0 Å². The Morgan fingerprint density at radius 2 is 2.24 bits per heavy atom. The molecule has 1 aromatic heterocycles. The molecule has 0 saturated heterocycles. The lowest BCUT2D eigenvalue weighted by molar-refractivity contribution is 0.316. The first-order chi connectivity index (χ1) is 8.16. The summed E-state index contributed by atoms with van der Waals surface area (Å²) in [5.41, 5.74) is 9.56. The van der Waals surface area contributed by atoms with Crippen LogP contribution < -0.4 is 5.73 Å². The molecule has 90 valence electrons. The molecule has 2 aromatic rings. The summed E-state index contributed by atoms with van der Waals surface area (Å²) < 4.78 is 13.3. The van der Waals surface area contributed by atoms with Crippen LogP contribution in [0.2, 0.25) is 0 Å². The van der Waals surface area contributed by atoms with E-state index in [4.69, 9.17) is 5.73 Å². The van der Waals surface area contributed by atoms with Crippen molar-refractivity contribution >= 4 is 17.0 Å². The van der Waals surface area contributed by atoms with Crippen LogP contribution in [0.15, 0.2) is 29.1 Å². The van der Waals surface area contributed by atoms with Crippen LogP contribution in [0.1, 0.15) is 11.3 Å². The summed E-state index contributed by atoms with van der Waals surface area (Å²) in [5, 5.41) is 2.01. The van der Waals surface area contributed by atoms with Crippen LogP contribution in [0.3, 0.4) is 0 Å². The Balaban J connectivity index is 2.03. The topological polar surface area (TPSA) is 42.2 Å². The number of anilines is 1. The van der Waals surface area contributed by atoms with E-state index in [9.17, 15) is 4.39 Å². The maximum absolute atomic E-state index is 13.3. The van der Waals surface area contributed by atoms with E-state index in [2.05, 4.69) is 9.88 Å². The van der Waals surface area contributed by atoms with Gasteiger partial charge in [-0.05, 0) is 18.7 Å². The van der Waals surface area contributed by atoms with Gasteiger partial charge in [-0.15, -0.1) is 11.3 Å². The van der Waals surface area contributed by atoms with Crippen LogP contribution in [-0.2, 0) is 13.1 Å². The number of nitrogens with two attached hydrogens (primary N) is 1. The fraction of sp³-hybridized carbons (Fsp3) is 0.250. The van der Waals surface area contributed by atoms with Crippen molar-refractivity contribution in [3.8, 4) is 0 Å². The van der Waals surface area contributed by atoms with Crippen molar-refractivity contribution in [2.75, 3.05) is 12.8 Å². The third kappa shape index (κ3) is 3.01. The van der Waals surface area contributed by atoms with Crippen molar-refractivity contribution in [2.24, 2.45) is 0 Å². The van der Waals surface area contributed by atoms with Gasteiger partial charge in [0, 0.05) is 18.5 Å². The summed E-state index contributed by atoms with van der Waals surface area (Å²) in [6, 6.07) is 4.90. The van der Waals surface area contributed by atoms with Gasteiger partial charge in [0.15, 0.2) is 0 Å². The Labute approximate surface area is 104 Å². The highest BCUT2D eigenvalue weighted by molar-refractivity contribution is 7.07. The Hall–Kier alpha value is -1.46. The first-order valence-corrected chi connectivity index (χ1v) is 6.19. The third-order valence-electron chi connectivity index (χ3n) is 2.50. The molecular formula is C12H14FN3S. The van der Waals surface area contributed by atoms with E-state index in [0.717, 1.165) is 17.8 Å². The van der Waals surface area contributed by atoms with Crippen LogP contribution in [-0.4, -0.2) is 16.9 Å². The lowest BCUT2D eigenvalue weighted by atomic mass is 10.1.